The number of nitrogens with zero attached hydrogens (tertiary/aromatic N) is 1. The van der Waals surface area contributed by atoms with E-state index in [0.717, 1.165) is 12.1 Å². The first-order chi connectivity index (χ1) is 5.79. The van der Waals surface area contributed by atoms with Crippen LogP contribution in [0.2, 0.25) is 0 Å². The lowest BCUT2D eigenvalue weighted by Gasteiger charge is -1.96. The predicted octanol–water partition coefficient (Wildman–Crippen LogP) is 0.776. The zero-order valence-corrected chi connectivity index (χ0v) is 6.95. The second kappa shape index (κ2) is 2.79. The molecule has 1 heterocycles. The van der Waals surface area contributed by atoms with Gasteiger partial charge in [-0.3, -0.25) is 0 Å². The Kier molecular flexibility index (Phi) is 1.77. The second-order valence-electron chi connectivity index (χ2n) is 3.22. The first-order valence-corrected chi connectivity index (χ1v) is 4.09. The van der Waals surface area contributed by atoms with Gasteiger partial charge in [0.05, 0.1) is 5.69 Å². The number of oxazole rings is 1. The third-order valence-corrected chi connectivity index (χ3v) is 2.08. The van der Waals surface area contributed by atoms with Crippen LogP contribution in [0.5, 0.6) is 0 Å². The molecule has 0 unspecified atom stereocenters. The maximum atomic E-state index is 8.77. The zero-order chi connectivity index (χ0) is 8.55. The number of aryl methyl sites for hydroxylation is 1. The van der Waals surface area contributed by atoms with Crippen molar-refractivity contribution in [3.05, 3.63) is 12.0 Å². The van der Waals surface area contributed by atoms with Gasteiger partial charge in [0.15, 0.2) is 0 Å². The van der Waals surface area contributed by atoms with Crippen LogP contribution in [0.3, 0.4) is 0 Å². The minimum atomic E-state index is 0.247. The fourth-order valence-electron chi connectivity index (χ4n) is 1.21. The molecule has 66 valence electrons. The van der Waals surface area contributed by atoms with Crippen LogP contribution in [-0.2, 0) is 0 Å². The predicted molar refractivity (Wildman–Crippen MR) is 43.8 cm³/mol. The largest absolute Gasteiger partial charge is 0.432 e. The van der Waals surface area contributed by atoms with Crippen LogP contribution < -0.4 is 5.32 Å². The Labute approximate surface area is 70.6 Å². The van der Waals surface area contributed by atoms with E-state index in [9.17, 15) is 0 Å². The van der Waals surface area contributed by atoms with Crippen LogP contribution in [0, 0.1) is 12.8 Å². The van der Waals surface area contributed by atoms with Crippen molar-refractivity contribution in [2.24, 2.45) is 5.92 Å². The number of nitrogens with one attached hydrogen (secondary N) is 1. The zero-order valence-electron chi connectivity index (χ0n) is 6.95. The molecule has 0 bridgehead atoms. The molecular formula is C8H12N2O2. The number of rotatable bonds is 3. The first kappa shape index (κ1) is 7.61. The van der Waals surface area contributed by atoms with Gasteiger partial charge in [0.2, 0.25) is 0 Å². The van der Waals surface area contributed by atoms with E-state index >= 15 is 0 Å². The van der Waals surface area contributed by atoms with Crippen LogP contribution in [0.4, 0.5) is 6.01 Å². The van der Waals surface area contributed by atoms with Crippen LogP contribution in [0.25, 0.3) is 0 Å². The maximum absolute atomic E-state index is 8.77. The molecule has 0 aromatic carbocycles. The van der Waals surface area contributed by atoms with Gasteiger partial charge in [-0.05, 0) is 13.3 Å². The van der Waals surface area contributed by atoms with Gasteiger partial charge in [0.25, 0.3) is 6.01 Å². The Morgan fingerprint density at radius 3 is 3.17 bits per heavy atom. The number of anilines is 1. The summed E-state index contributed by atoms with van der Waals surface area (Å²) >= 11 is 0. The van der Waals surface area contributed by atoms with Crippen LogP contribution >= 0.6 is 0 Å². The van der Waals surface area contributed by atoms with E-state index in [2.05, 4.69) is 10.3 Å². The highest BCUT2D eigenvalue weighted by atomic mass is 16.4. The number of hydrogen-bond acceptors (Lipinski definition) is 4. The summed E-state index contributed by atoms with van der Waals surface area (Å²) in [7, 11) is 0. The highest BCUT2D eigenvalue weighted by Crippen LogP contribution is 2.32. The van der Waals surface area contributed by atoms with Crippen molar-refractivity contribution in [1.29, 1.82) is 0 Å². The van der Waals surface area contributed by atoms with Gasteiger partial charge in [-0.2, -0.15) is 4.98 Å². The SMILES string of the molecule is Cc1coc(N[C@@H]2C[C@H]2CO)n1. The summed E-state index contributed by atoms with van der Waals surface area (Å²) in [5, 5.41) is 11.9. The molecular weight excluding hydrogens is 156 g/mol. The molecule has 1 aromatic heterocycles. The van der Waals surface area contributed by atoms with E-state index in [1.807, 2.05) is 6.92 Å². The third kappa shape index (κ3) is 1.43. The Bertz CT molecular complexity index is 272. The number of hydrogen-bond donors (Lipinski definition) is 2. The molecule has 4 heteroatoms. The van der Waals surface area contributed by atoms with Gasteiger partial charge < -0.3 is 14.8 Å². The fourth-order valence-corrected chi connectivity index (χ4v) is 1.21. The smallest absolute Gasteiger partial charge is 0.294 e. The van der Waals surface area contributed by atoms with E-state index in [1.54, 1.807) is 6.26 Å². The van der Waals surface area contributed by atoms with Gasteiger partial charge in [0, 0.05) is 18.6 Å². The van der Waals surface area contributed by atoms with Gasteiger partial charge in [-0.25, -0.2) is 0 Å². The summed E-state index contributed by atoms with van der Waals surface area (Å²) in [4.78, 5) is 4.10. The van der Waals surface area contributed by atoms with Crippen molar-refractivity contribution in [3.63, 3.8) is 0 Å². The van der Waals surface area contributed by atoms with Crippen LogP contribution in [0.15, 0.2) is 10.7 Å². The Morgan fingerprint density at radius 2 is 2.67 bits per heavy atom. The molecule has 0 spiro atoms. The highest BCUT2D eigenvalue weighted by molar-refractivity contribution is 5.26. The van der Waals surface area contributed by atoms with Gasteiger partial charge >= 0.3 is 0 Å². The highest BCUT2D eigenvalue weighted by Gasteiger charge is 2.37. The Balaban J connectivity index is 1.89. The summed E-state index contributed by atoms with van der Waals surface area (Å²) in [6, 6.07) is 0.918. The van der Waals surface area contributed by atoms with Crippen molar-refractivity contribution < 1.29 is 9.52 Å². The summed E-state index contributed by atoms with van der Waals surface area (Å²) in [5.41, 5.74) is 0.874. The minimum absolute atomic E-state index is 0.247. The van der Waals surface area contributed by atoms with E-state index in [-0.39, 0.29) is 6.61 Å². The van der Waals surface area contributed by atoms with Crippen LogP contribution in [-0.4, -0.2) is 22.7 Å². The standard InChI is InChI=1S/C8H12N2O2/c1-5-4-12-8(9-5)10-7-2-6(7)3-11/h4,6-7,11H,2-3H2,1H3,(H,9,10)/t6-,7+/m0/s1. The average molecular weight is 168 g/mol. The molecule has 2 N–H and O–H groups in total. The molecule has 0 amide bonds. The van der Waals surface area contributed by atoms with Crippen molar-refractivity contribution in [3.8, 4) is 0 Å². The molecule has 4 nitrogen and oxygen atoms in total. The van der Waals surface area contributed by atoms with Crippen molar-refractivity contribution >= 4 is 6.01 Å². The summed E-state index contributed by atoms with van der Waals surface area (Å²) in [5.74, 6) is 0.386. The summed E-state index contributed by atoms with van der Waals surface area (Å²) in [6.45, 7) is 2.13. The lowest BCUT2D eigenvalue weighted by Crippen LogP contribution is -2.06. The van der Waals surface area contributed by atoms with Crippen molar-refractivity contribution in [1.82, 2.24) is 4.98 Å². The second-order valence-corrected chi connectivity index (χ2v) is 3.22. The molecule has 12 heavy (non-hydrogen) atoms. The fraction of sp³-hybridized carbons (Fsp3) is 0.625. The lowest BCUT2D eigenvalue weighted by atomic mass is 10.4. The van der Waals surface area contributed by atoms with Gasteiger partial charge in [0.1, 0.15) is 6.26 Å². The van der Waals surface area contributed by atoms with Crippen molar-refractivity contribution in [2.45, 2.75) is 19.4 Å². The molecule has 1 aliphatic carbocycles. The van der Waals surface area contributed by atoms with Crippen LogP contribution in [0.1, 0.15) is 12.1 Å². The number of aromatic nitrogens is 1. The van der Waals surface area contributed by atoms with Crippen molar-refractivity contribution in [2.75, 3.05) is 11.9 Å². The maximum Gasteiger partial charge on any atom is 0.294 e. The van der Waals surface area contributed by atoms with Gasteiger partial charge in [-0.15, -0.1) is 0 Å². The number of aliphatic hydroxyl groups is 1. The quantitative estimate of drug-likeness (QED) is 0.700. The molecule has 1 aromatic rings. The monoisotopic (exact) mass is 168 g/mol. The van der Waals surface area contributed by atoms with Gasteiger partial charge in [-0.1, -0.05) is 0 Å². The number of aliphatic hydroxyl groups excluding tert-OH is 1. The topological polar surface area (TPSA) is 58.3 Å². The lowest BCUT2D eigenvalue weighted by molar-refractivity contribution is 0.275. The Morgan fingerprint density at radius 1 is 1.83 bits per heavy atom. The first-order valence-electron chi connectivity index (χ1n) is 4.09. The van der Waals surface area contributed by atoms with E-state index in [1.165, 1.54) is 0 Å². The average Bonchev–Trinajstić information content (AvgIpc) is 2.67. The normalized spacial score (nSPS) is 27.2. The summed E-state index contributed by atoms with van der Waals surface area (Å²) < 4.78 is 5.10. The van der Waals surface area contributed by atoms with E-state index in [4.69, 9.17) is 9.52 Å². The minimum Gasteiger partial charge on any atom is -0.432 e. The Hall–Kier alpha value is -1.03. The molecule has 0 saturated heterocycles. The molecule has 1 aliphatic rings. The van der Waals surface area contributed by atoms with E-state index in [0.29, 0.717) is 18.0 Å². The molecule has 2 rings (SSSR count). The molecule has 0 aliphatic heterocycles. The molecule has 1 fully saturated rings. The third-order valence-electron chi connectivity index (χ3n) is 2.08. The summed E-state index contributed by atoms with van der Waals surface area (Å²) in [6.07, 6.45) is 2.62. The molecule has 1 saturated carbocycles. The van der Waals surface area contributed by atoms with E-state index < -0.39 is 0 Å². The molecule has 0 radical (unpaired) electrons. The molecule has 2 atom stereocenters.